The Hall–Kier alpha value is -1.61. The molecule has 1 amide bonds. The predicted molar refractivity (Wildman–Crippen MR) is 77.2 cm³/mol. The van der Waals surface area contributed by atoms with Crippen molar-refractivity contribution in [3.63, 3.8) is 0 Å². The zero-order valence-electron chi connectivity index (χ0n) is 11.3. The van der Waals surface area contributed by atoms with Gasteiger partial charge in [0.05, 0.1) is 5.92 Å². The third-order valence-electron chi connectivity index (χ3n) is 4.14. The predicted octanol–water partition coefficient (Wildman–Crippen LogP) is 2.59. The highest BCUT2D eigenvalue weighted by molar-refractivity contribution is 7.15. The molecule has 0 radical (unpaired) electrons. The number of hydrogen-bond donors (Lipinski definition) is 2. The Morgan fingerprint density at radius 3 is 2.95 bits per heavy atom. The highest BCUT2D eigenvalue weighted by Gasteiger charge is 2.43. The smallest absolute Gasteiger partial charge is 0.231 e. The minimum absolute atomic E-state index is 0.0118. The van der Waals surface area contributed by atoms with E-state index in [9.17, 15) is 4.79 Å². The second-order valence-corrected chi connectivity index (χ2v) is 6.66. The third-order valence-corrected chi connectivity index (χ3v) is 5.21. The van der Waals surface area contributed by atoms with Crippen LogP contribution >= 0.6 is 11.3 Å². The Bertz CT molecular complexity index is 530. The number of carbonyl (C=O) groups excluding carboxylic acids is 1. The summed E-state index contributed by atoms with van der Waals surface area (Å²) in [7, 11) is 0. The zero-order valence-corrected chi connectivity index (χ0v) is 12.1. The molecule has 1 heterocycles. The van der Waals surface area contributed by atoms with Crippen molar-refractivity contribution in [2.24, 2.45) is 5.92 Å². The molecular weight excluding hydrogens is 272 g/mol. The lowest BCUT2D eigenvalue weighted by molar-refractivity contribution is -0.117. The van der Waals surface area contributed by atoms with E-state index in [1.807, 2.05) is 12.4 Å². The van der Waals surface area contributed by atoms with Gasteiger partial charge >= 0.3 is 0 Å². The van der Waals surface area contributed by atoms with E-state index in [2.05, 4.69) is 15.6 Å². The van der Waals surface area contributed by atoms with Crippen LogP contribution in [0.1, 0.15) is 49.3 Å². The van der Waals surface area contributed by atoms with Crippen molar-refractivity contribution in [3.8, 4) is 6.19 Å². The molecule has 0 aromatic carbocycles. The summed E-state index contributed by atoms with van der Waals surface area (Å²) in [5.41, 5.74) is 0. The monoisotopic (exact) mass is 290 g/mol. The summed E-state index contributed by atoms with van der Waals surface area (Å²) in [6, 6.07) is 0.0118. The molecule has 5 nitrogen and oxygen atoms in total. The highest BCUT2D eigenvalue weighted by Crippen LogP contribution is 2.37. The lowest BCUT2D eigenvalue weighted by atomic mass is 9.89. The summed E-state index contributed by atoms with van der Waals surface area (Å²) >= 11 is 1.60. The van der Waals surface area contributed by atoms with Gasteiger partial charge in [-0.1, -0.05) is 19.3 Å². The molecule has 0 spiro atoms. The van der Waals surface area contributed by atoms with Crippen LogP contribution in [0.4, 0.5) is 5.13 Å². The molecule has 2 aliphatic rings. The van der Waals surface area contributed by atoms with Gasteiger partial charge in [0.2, 0.25) is 5.91 Å². The number of aromatic nitrogens is 1. The number of amides is 1. The van der Waals surface area contributed by atoms with E-state index >= 15 is 0 Å². The van der Waals surface area contributed by atoms with Crippen molar-refractivity contribution in [3.05, 3.63) is 11.1 Å². The molecule has 2 atom stereocenters. The fourth-order valence-corrected chi connectivity index (χ4v) is 3.83. The average molecular weight is 290 g/mol. The van der Waals surface area contributed by atoms with Gasteiger partial charge in [-0.3, -0.25) is 4.79 Å². The summed E-state index contributed by atoms with van der Waals surface area (Å²) in [6.07, 6.45) is 11.0. The van der Waals surface area contributed by atoms with Crippen LogP contribution in [0.25, 0.3) is 0 Å². The molecule has 2 N–H and O–H groups in total. The van der Waals surface area contributed by atoms with Crippen molar-refractivity contribution in [2.75, 3.05) is 5.32 Å². The fourth-order valence-electron chi connectivity index (χ4n) is 2.85. The number of nitriles is 1. The molecule has 2 fully saturated rings. The largest absolute Gasteiger partial charge is 0.320 e. The number of nitrogens with one attached hydrogen (secondary N) is 2. The van der Waals surface area contributed by atoms with Crippen LogP contribution in [0, 0.1) is 17.4 Å². The summed E-state index contributed by atoms with van der Waals surface area (Å²) < 4.78 is 0. The van der Waals surface area contributed by atoms with Crippen LogP contribution in [0.2, 0.25) is 0 Å². The van der Waals surface area contributed by atoms with Crippen LogP contribution in [0.5, 0.6) is 0 Å². The van der Waals surface area contributed by atoms with Crippen molar-refractivity contribution >= 4 is 22.4 Å². The van der Waals surface area contributed by atoms with E-state index < -0.39 is 0 Å². The van der Waals surface area contributed by atoms with E-state index in [-0.39, 0.29) is 17.9 Å². The lowest BCUT2D eigenvalue weighted by Gasteiger charge is -2.19. The minimum Gasteiger partial charge on any atom is -0.320 e. The van der Waals surface area contributed by atoms with E-state index in [4.69, 9.17) is 5.26 Å². The molecule has 20 heavy (non-hydrogen) atoms. The van der Waals surface area contributed by atoms with Crippen LogP contribution in [-0.4, -0.2) is 16.9 Å². The molecule has 1 unspecified atom stereocenters. The van der Waals surface area contributed by atoms with Gasteiger partial charge in [0, 0.05) is 17.1 Å². The summed E-state index contributed by atoms with van der Waals surface area (Å²) in [4.78, 5) is 17.6. The van der Waals surface area contributed by atoms with Gasteiger partial charge in [0.25, 0.3) is 0 Å². The molecule has 1 aromatic rings. The summed E-state index contributed by atoms with van der Waals surface area (Å²) in [5, 5.41) is 14.7. The molecule has 3 rings (SSSR count). The molecule has 0 saturated heterocycles. The number of anilines is 1. The SMILES string of the molecule is N#CNC1C[C@H]1C(=O)Nc1ncc(C2CCCCC2)s1. The van der Waals surface area contributed by atoms with E-state index in [0.29, 0.717) is 11.0 Å². The number of carbonyl (C=O) groups is 1. The van der Waals surface area contributed by atoms with Gasteiger partial charge in [-0.15, -0.1) is 11.3 Å². The number of nitrogens with zero attached hydrogens (tertiary/aromatic N) is 2. The van der Waals surface area contributed by atoms with Crippen molar-refractivity contribution < 1.29 is 4.79 Å². The summed E-state index contributed by atoms with van der Waals surface area (Å²) in [5.74, 6) is 0.514. The van der Waals surface area contributed by atoms with E-state index in [1.165, 1.54) is 37.0 Å². The third kappa shape index (κ3) is 2.93. The molecule has 0 aliphatic heterocycles. The van der Waals surface area contributed by atoms with E-state index in [1.54, 1.807) is 11.3 Å². The number of thiazole rings is 1. The molecule has 2 saturated carbocycles. The van der Waals surface area contributed by atoms with Crippen LogP contribution in [0.3, 0.4) is 0 Å². The molecule has 2 aliphatic carbocycles. The molecule has 1 aromatic heterocycles. The second-order valence-electron chi connectivity index (χ2n) is 5.60. The van der Waals surface area contributed by atoms with Crippen LogP contribution in [-0.2, 0) is 4.79 Å². The Balaban J connectivity index is 1.55. The Kier molecular flexibility index (Phi) is 3.88. The maximum absolute atomic E-state index is 12.0. The first-order chi connectivity index (χ1) is 9.78. The quantitative estimate of drug-likeness (QED) is 0.660. The number of rotatable bonds is 4. The Morgan fingerprint density at radius 2 is 2.20 bits per heavy atom. The Morgan fingerprint density at radius 1 is 1.40 bits per heavy atom. The second kappa shape index (κ2) is 5.80. The highest BCUT2D eigenvalue weighted by atomic mass is 32.1. The van der Waals surface area contributed by atoms with Gasteiger partial charge < -0.3 is 10.6 Å². The first kappa shape index (κ1) is 13.4. The van der Waals surface area contributed by atoms with E-state index in [0.717, 1.165) is 6.42 Å². The van der Waals surface area contributed by atoms with Gasteiger partial charge in [-0.2, -0.15) is 5.26 Å². The van der Waals surface area contributed by atoms with Gasteiger partial charge in [0.1, 0.15) is 0 Å². The van der Waals surface area contributed by atoms with Gasteiger partial charge in [0.15, 0.2) is 11.3 Å². The first-order valence-corrected chi connectivity index (χ1v) is 8.01. The fraction of sp³-hybridized carbons (Fsp3) is 0.643. The van der Waals surface area contributed by atoms with Gasteiger partial charge in [-0.05, 0) is 25.2 Å². The van der Waals surface area contributed by atoms with Crippen molar-refractivity contribution in [1.29, 1.82) is 5.26 Å². The maximum atomic E-state index is 12.0. The first-order valence-electron chi connectivity index (χ1n) is 7.19. The van der Waals surface area contributed by atoms with Crippen LogP contribution < -0.4 is 10.6 Å². The minimum atomic E-state index is -0.0864. The zero-order chi connectivity index (χ0) is 13.9. The Labute approximate surface area is 122 Å². The molecule has 106 valence electrons. The lowest BCUT2D eigenvalue weighted by Crippen LogP contribution is -2.20. The van der Waals surface area contributed by atoms with Crippen molar-refractivity contribution in [1.82, 2.24) is 10.3 Å². The molecule has 6 heteroatoms. The standard InChI is InChI=1S/C14H18N4OS/c15-8-17-11-6-10(11)13(19)18-14-16-7-12(20-14)9-4-2-1-3-5-9/h7,9-11,17H,1-6H2,(H,16,18,19)/t10-,11?/m1/s1. The topological polar surface area (TPSA) is 77.8 Å². The maximum Gasteiger partial charge on any atom is 0.231 e. The summed E-state index contributed by atoms with van der Waals surface area (Å²) in [6.45, 7) is 0. The molecular formula is C14H18N4OS. The number of hydrogen-bond acceptors (Lipinski definition) is 5. The van der Waals surface area contributed by atoms with Gasteiger partial charge in [-0.25, -0.2) is 4.98 Å². The average Bonchev–Trinajstić information content (AvgIpc) is 3.09. The molecule has 0 bridgehead atoms. The van der Waals surface area contributed by atoms with Crippen LogP contribution in [0.15, 0.2) is 6.20 Å². The normalized spacial score (nSPS) is 25.8. The van der Waals surface area contributed by atoms with Crippen molar-refractivity contribution in [2.45, 2.75) is 50.5 Å².